The fourth-order valence-electron chi connectivity index (χ4n) is 3.69. The van der Waals surface area contributed by atoms with Crippen molar-refractivity contribution in [2.24, 2.45) is 11.7 Å². The van der Waals surface area contributed by atoms with Crippen LogP contribution in [0.4, 0.5) is 0 Å². The average molecular weight is 322 g/mol. The molecule has 1 aromatic rings. The molecule has 2 aliphatic rings. The zero-order chi connectivity index (χ0) is 15.9. The van der Waals surface area contributed by atoms with Crippen LogP contribution in [-0.4, -0.2) is 39.9 Å². The molecule has 3 rings (SSSR count). The molecule has 0 spiro atoms. The molecule has 0 unspecified atom stereocenters. The lowest BCUT2D eigenvalue weighted by Crippen LogP contribution is -2.46. The fourth-order valence-corrected chi connectivity index (χ4v) is 4.49. The number of fused-ring (bicyclic) bond motifs is 1. The predicted octanol–water partition coefficient (Wildman–Crippen LogP) is 1.70. The Bertz CT molecular complexity index is 627. The van der Waals surface area contributed by atoms with E-state index in [-0.39, 0.29) is 17.9 Å². The summed E-state index contributed by atoms with van der Waals surface area (Å²) >= 11 is 1.03. The van der Waals surface area contributed by atoms with Gasteiger partial charge in [0.05, 0.1) is 9.75 Å². The fraction of sp³-hybridized carbons (Fsp3) is 0.533. The van der Waals surface area contributed by atoms with Crippen molar-refractivity contribution in [3.8, 4) is 0 Å². The van der Waals surface area contributed by atoms with Gasteiger partial charge in [-0.25, -0.2) is 4.79 Å². The number of amides is 2. The molecule has 2 amide bonds. The lowest BCUT2D eigenvalue weighted by Gasteiger charge is -2.32. The molecule has 1 aliphatic heterocycles. The van der Waals surface area contributed by atoms with Gasteiger partial charge in [0.15, 0.2) is 0 Å². The molecule has 22 heavy (non-hydrogen) atoms. The van der Waals surface area contributed by atoms with Gasteiger partial charge in [0.25, 0.3) is 11.8 Å². The Hall–Kier alpha value is -1.89. The first-order valence-corrected chi connectivity index (χ1v) is 8.26. The van der Waals surface area contributed by atoms with E-state index in [0.29, 0.717) is 16.2 Å². The van der Waals surface area contributed by atoms with E-state index in [1.165, 1.54) is 11.0 Å². The molecule has 7 heteroatoms. The monoisotopic (exact) mass is 322 g/mol. The molecule has 3 N–H and O–H groups in total. The van der Waals surface area contributed by atoms with Crippen molar-refractivity contribution < 1.29 is 19.5 Å². The van der Waals surface area contributed by atoms with Crippen molar-refractivity contribution in [3.05, 3.63) is 21.9 Å². The predicted molar refractivity (Wildman–Crippen MR) is 80.8 cm³/mol. The third-order valence-corrected chi connectivity index (χ3v) is 5.76. The van der Waals surface area contributed by atoms with Crippen molar-refractivity contribution in [3.63, 3.8) is 0 Å². The highest BCUT2D eigenvalue weighted by Crippen LogP contribution is 2.41. The number of hydrogen-bond donors (Lipinski definition) is 2. The molecule has 1 saturated heterocycles. The van der Waals surface area contributed by atoms with Crippen LogP contribution in [0.15, 0.2) is 12.1 Å². The minimum atomic E-state index is -0.950. The number of primary amides is 1. The van der Waals surface area contributed by atoms with Crippen molar-refractivity contribution in [1.82, 2.24) is 4.90 Å². The van der Waals surface area contributed by atoms with Gasteiger partial charge in [-0.1, -0.05) is 12.8 Å². The summed E-state index contributed by atoms with van der Waals surface area (Å²) in [4.78, 5) is 37.7. The SMILES string of the molecule is NC(=O)c1ccc(C(=O)N2[C@@H]3CCCC[C@H]3C[C@H]2C(=O)O)s1. The van der Waals surface area contributed by atoms with Crippen LogP contribution in [0.2, 0.25) is 0 Å². The number of rotatable bonds is 3. The molecule has 1 aliphatic carbocycles. The zero-order valence-electron chi connectivity index (χ0n) is 12.0. The van der Waals surface area contributed by atoms with Gasteiger partial charge in [0, 0.05) is 6.04 Å². The molecule has 1 saturated carbocycles. The van der Waals surface area contributed by atoms with Crippen LogP contribution in [-0.2, 0) is 4.79 Å². The molecule has 6 nitrogen and oxygen atoms in total. The van der Waals surface area contributed by atoms with E-state index in [1.54, 1.807) is 6.07 Å². The van der Waals surface area contributed by atoms with Gasteiger partial charge in [0.2, 0.25) is 0 Å². The normalized spacial score (nSPS) is 27.5. The van der Waals surface area contributed by atoms with Crippen LogP contribution in [0.1, 0.15) is 51.4 Å². The highest BCUT2D eigenvalue weighted by atomic mass is 32.1. The van der Waals surface area contributed by atoms with Crippen molar-refractivity contribution >= 4 is 29.1 Å². The highest BCUT2D eigenvalue weighted by Gasteiger charge is 2.47. The number of aliphatic carboxylic acids is 1. The van der Waals surface area contributed by atoms with E-state index in [1.807, 2.05) is 0 Å². The first-order valence-electron chi connectivity index (χ1n) is 7.44. The number of likely N-dealkylation sites (tertiary alicyclic amines) is 1. The minimum absolute atomic E-state index is 0.00137. The van der Waals surface area contributed by atoms with Gasteiger partial charge in [-0.15, -0.1) is 11.3 Å². The van der Waals surface area contributed by atoms with E-state index >= 15 is 0 Å². The maximum Gasteiger partial charge on any atom is 0.326 e. The Balaban J connectivity index is 1.89. The molecule has 1 aromatic heterocycles. The lowest BCUT2D eigenvalue weighted by atomic mass is 9.85. The summed E-state index contributed by atoms with van der Waals surface area (Å²) in [5.74, 6) is -1.54. The molecule has 118 valence electrons. The van der Waals surface area contributed by atoms with Gasteiger partial charge in [-0.3, -0.25) is 9.59 Å². The van der Waals surface area contributed by atoms with Crippen LogP contribution in [0.3, 0.4) is 0 Å². The smallest absolute Gasteiger partial charge is 0.326 e. The van der Waals surface area contributed by atoms with E-state index in [2.05, 4.69) is 0 Å². The number of carboxylic acid groups (broad SMARTS) is 1. The van der Waals surface area contributed by atoms with Crippen LogP contribution >= 0.6 is 11.3 Å². The van der Waals surface area contributed by atoms with Crippen molar-refractivity contribution in [2.75, 3.05) is 0 Å². The lowest BCUT2D eigenvalue weighted by molar-refractivity contribution is -0.141. The Morgan fingerprint density at radius 3 is 2.50 bits per heavy atom. The first-order chi connectivity index (χ1) is 10.5. The second kappa shape index (κ2) is 5.72. The molecule has 0 bridgehead atoms. The van der Waals surface area contributed by atoms with Gasteiger partial charge in [-0.2, -0.15) is 0 Å². The van der Waals surface area contributed by atoms with Gasteiger partial charge >= 0.3 is 5.97 Å². The molecule has 2 heterocycles. The number of carbonyl (C=O) groups excluding carboxylic acids is 2. The zero-order valence-corrected chi connectivity index (χ0v) is 12.8. The number of carbonyl (C=O) groups is 3. The van der Waals surface area contributed by atoms with Crippen molar-refractivity contribution in [2.45, 2.75) is 44.2 Å². The minimum Gasteiger partial charge on any atom is -0.480 e. The second-order valence-corrected chi connectivity index (χ2v) is 7.03. The molecular formula is C15H18N2O4S. The largest absolute Gasteiger partial charge is 0.480 e. The first kappa shape index (κ1) is 15.0. The number of nitrogens with zero attached hydrogens (tertiary/aromatic N) is 1. The van der Waals surface area contributed by atoms with Crippen LogP contribution in [0, 0.1) is 5.92 Å². The molecule has 0 radical (unpaired) electrons. The van der Waals surface area contributed by atoms with E-state index < -0.39 is 17.9 Å². The quantitative estimate of drug-likeness (QED) is 0.884. The average Bonchev–Trinajstić information content (AvgIpc) is 3.11. The summed E-state index contributed by atoms with van der Waals surface area (Å²) < 4.78 is 0. The maximum absolute atomic E-state index is 12.8. The van der Waals surface area contributed by atoms with Gasteiger partial charge in [0.1, 0.15) is 6.04 Å². The van der Waals surface area contributed by atoms with E-state index in [0.717, 1.165) is 37.0 Å². The standard InChI is InChI=1S/C15H18N2O4S/c16-13(18)11-5-6-12(22-11)14(19)17-9-4-2-1-3-8(9)7-10(17)15(20)21/h5-6,8-10H,1-4,7H2,(H2,16,18)(H,20,21)/t8-,9+,10-/m0/s1. The van der Waals surface area contributed by atoms with E-state index in [9.17, 15) is 19.5 Å². The number of carboxylic acids is 1. The summed E-state index contributed by atoms with van der Waals surface area (Å²) in [5, 5.41) is 9.46. The topological polar surface area (TPSA) is 101 Å². The summed E-state index contributed by atoms with van der Waals surface area (Å²) in [7, 11) is 0. The molecule has 0 aromatic carbocycles. The van der Waals surface area contributed by atoms with E-state index in [4.69, 9.17) is 5.73 Å². The second-order valence-electron chi connectivity index (χ2n) is 5.94. The summed E-state index contributed by atoms with van der Waals surface area (Å²) in [5.41, 5.74) is 5.21. The number of nitrogens with two attached hydrogens (primary N) is 1. The third kappa shape index (κ3) is 2.49. The summed E-state index contributed by atoms with van der Waals surface area (Å²) in [6.07, 6.45) is 4.48. The number of thiophene rings is 1. The Morgan fingerprint density at radius 2 is 1.86 bits per heavy atom. The molecular weight excluding hydrogens is 304 g/mol. The van der Waals surface area contributed by atoms with Crippen LogP contribution in [0.5, 0.6) is 0 Å². The maximum atomic E-state index is 12.8. The van der Waals surface area contributed by atoms with Crippen molar-refractivity contribution in [1.29, 1.82) is 0 Å². The molecule has 2 fully saturated rings. The number of hydrogen-bond acceptors (Lipinski definition) is 4. The molecule has 3 atom stereocenters. The van der Waals surface area contributed by atoms with Gasteiger partial charge < -0.3 is 15.7 Å². The Morgan fingerprint density at radius 1 is 1.18 bits per heavy atom. The Labute approximate surface area is 131 Å². The Kier molecular flexibility index (Phi) is 3.90. The summed E-state index contributed by atoms with van der Waals surface area (Å²) in [6, 6.07) is 2.31. The third-order valence-electron chi connectivity index (χ3n) is 4.67. The summed E-state index contributed by atoms with van der Waals surface area (Å²) in [6.45, 7) is 0. The van der Waals surface area contributed by atoms with Crippen LogP contribution < -0.4 is 5.73 Å². The highest BCUT2D eigenvalue weighted by molar-refractivity contribution is 7.15. The van der Waals surface area contributed by atoms with Gasteiger partial charge in [-0.05, 0) is 37.3 Å². The van der Waals surface area contributed by atoms with Crippen LogP contribution in [0.25, 0.3) is 0 Å².